The summed E-state index contributed by atoms with van der Waals surface area (Å²) in [5, 5.41) is 7.62. The lowest BCUT2D eigenvalue weighted by Crippen LogP contribution is -1.98. The van der Waals surface area contributed by atoms with Crippen molar-refractivity contribution in [3.8, 4) is 17.0 Å². The highest BCUT2D eigenvalue weighted by Crippen LogP contribution is 2.22. The molecule has 5 nitrogen and oxygen atoms in total. The van der Waals surface area contributed by atoms with Crippen LogP contribution in [0.1, 0.15) is 0 Å². The normalized spacial score (nSPS) is 9.93. The van der Waals surface area contributed by atoms with E-state index in [0.717, 1.165) is 11.3 Å². The SMILES string of the molecule is COc1ccc(-c2nncnc2N)cc1. The van der Waals surface area contributed by atoms with Crippen LogP contribution in [0.5, 0.6) is 5.75 Å². The van der Waals surface area contributed by atoms with E-state index in [1.807, 2.05) is 24.3 Å². The average Bonchev–Trinajstić information content (AvgIpc) is 2.30. The lowest BCUT2D eigenvalue weighted by Gasteiger charge is -2.03. The van der Waals surface area contributed by atoms with Gasteiger partial charge in [-0.1, -0.05) is 0 Å². The number of hydrogen-bond donors (Lipinski definition) is 1. The Morgan fingerprint density at radius 2 is 1.93 bits per heavy atom. The molecule has 0 bridgehead atoms. The molecule has 1 heterocycles. The maximum Gasteiger partial charge on any atom is 0.153 e. The van der Waals surface area contributed by atoms with Gasteiger partial charge in [0.15, 0.2) is 5.82 Å². The first-order valence-electron chi connectivity index (χ1n) is 4.39. The Morgan fingerprint density at radius 3 is 2.53 bits per heavy atom. The molecule has 0 spiro atoms. The Kier molecular flexibility index (Phi) is 2.45. The van der Waals surface area contributed by atoms with Crippen molar-refractivity contribution in [1.29, 1.82) is 0 Å². The van der Waals surface area contributed by atoms with Gasteiger partial charge in [-0.05, 0) is 24.3 Å². The van der Waals surface area contributed by atoms with E-state index in [2.05, 4.69) is 15.2 Å². The van der Waals surface area contributed by atoms with Crippen LogP contribution < -0.4 is 10.5 Å². The molecule has 1 aromatic heterocycles. The van der Waals surface area contributed by atoms with Crippen molar-refractivity contribution in [2.45, 2.75) is 0 Å². The highest BCUT2D eigenvalue weighted by molar-refractivity contribution is 5.69. The molecule has 0 fully saturated rings. The summed E-state index contributed by atoms with van der Waals surface area (Å²) >= 11 is 0. The predicted octanol–water partition coefficient (Wildman–Crippen LogP) is 1.13. The van der Waals surface area contributed by atoms with Gasteiger partial charge in [0.1, 0.15) is 17.8 Å². The van der Waals surface area contributed by atoms with Crippen molar-refractivity contribution in [3.05, 3.63) is 30.6 Å². The molecule has 2 rings (SSSR count). The number of benzene rings is 1. The highest BCUT2D eigenvalue weighted by atomic mass is 16.5. The third kappa shape index (κ3) is 1.85. The summed E-state index contributed by atoms with van der Waals surface area (Å²) in [6.07, 6.45) is 1.32. The van der Waals surface area contributed by atoms with Gasteiger partial charge in [-0.3, -0.25) is 0 Å². The van der Waals surface area contributed by atoms with Gasteiger partial charge < -0.3 is 10.5 Å². The number of nitrogen functional groups attached to an aromatic ring is 1. The van der Waals surface area contributed by atoms with Crippen LogP contribution in [0.3, 0.4) is 0 Å². The van der Waals surface area contributed by atoms with Crippen molar-refractivity contribution in [1.82, 2.24) is 15.2 Å². The summed E-state index contributed by atoms with van der Waals surface area (Å²) in [6, 6.07) is 7.40. The molecule has 2 aromatic rings. The Hall–Kier alpha value is -2.17. The van der Waals surface area contributed by atoms with E-state index in [-0.39, 0.29) is 0 Å². The van der Waals surface area contributed by atoms with Crippen molar-refractivity contribution in [3.63, 3.8) is 0 Å². The fraction of sp³-hybridized carbons (Fsp3) is 0.100. The van der Waals surface area contributed by atoms with Crippen molar-refractivity contribution < 1.29 is 4.74 Å². The number of hydrogen-bond acceptors (Lipinski definition) is 5. The summed E-state index contributed by atoms with van der Waals surface area (Å²) in [4.78, 5) is 3.87. The summed E-state index contributed by atoms with van der Waals surface area (Å²) < 4.78 is 5.05. The Bertz CT molecular complexity index is 455. The molecule has 15 heavy (non-hydrogen) atoms. The molecule has 5 heteroatoms. The second-order valence-corrected chi connectivity index (χ2v) is 2.92. The Labute approximate surface area is 86.9 Å². The van der Waals surface area contributed by atoms with Gasteiger partial charge in [0.05, 0.1) is 7.11 Å². The van der Waals surface area contributed by atoms with Gasteiger partial charge in [0.2, 0.25) is 0 Å². The van der Waals surface area contributed by atoms with Crippen LogP contribution in [-0.2, 0) is 0 Å². The lowest BCUT2D eigenvalue weighted by molar-refractivity contribution is 0.415. The fourth-order valence-corrected chi connectivity index (χ4v) is 1.24. The number of nitrogens with two attached hydrogens (primary N) is 1. The quantitative estimate of drug-likeness (QED) is 0.790. The minimum Gasteiger partial charge on any atom is -0.497 e. The van der Waals surface area contributed by atoms with Crippen LogP contribution >= 0.6 is 0 Å². The fourth-order valence-electron chi connectivity index (χ4n) is 1.24. The monoisotopic (exact) mass is 202 g/mol. The van der Waals surface area contributed by atoms with Gasteiger partial charge in [-0.25, -0.2) is 4.98 Å². The van der Waals surface area contributed by atoms with E-state index in [9.17, 15) is 0 Å². The summed E-state index contributed by atoms with van der Waals surface area (Å²) in [6.45, 7) is 0. The summed E-state index contributed by atoms with van der Waals surface area (Å²) in [5.41, 5.74) is 7.13. The van der Waals surface area contributed by atoms with Gasteiger partial charge in [0.25, 0.3) is 0 Å². The van der Waals surface area contributed by atoms with E-state index in [0.29, 0.717) is 11.5 Å². The van der Waals surface area contributed by atoms with E-state index in [4.69, 9.17) is 10.5 Å². The molecule has 0 atom stereocenters. The molecule has 0 amide bonds. The van der Waals surface area contributed by atoms with Crippen molar-refractivity contribution in [2.75, 3.05) is 12.8 Å². The number of nitrogens with zero attached hydrogens (tertiary/aromatic N) is 3. The van der Waals surface area contributed by atoms with Crippen LogP contribution in [0.4, 0.5) is 5.82 Å². The lowest BCUT2D eigenvalue weighted by atomic mass is 10.1. The van der Waals surface area contributed by atoms with E-state index in [1.165, 1.54) is 6.33 Å². The van der Waals surface area contributed by atoms with Crippen LogP contribution in [0.15, 0.2) is 30.6 Å². The first kappa shape index (κ1) is 9.39. The van der Waals surface area contributed by atoms with Crippen LogP contribution in [-0.4, -0.2) is 22.3 Å². The third-order valence-electron chi connectivity index (χ3n) is 2.01. The molecule has 0 aliphatic heterocycles. The minimum absolute atomic E-state index is 0.371. The first-order valence-corrected chi connectivity index (χ1v) is 4.39. The second kappa shape index (κ2) is 3.91. The minimum atomic E-state index is 0.371. The zero-order valence-electron chi connectivity index (χ0n) is 8.21. The average molecular weight is 202 g/mol. The van der Waals surface area contributed by atoms with Gasteiger partial charge >= 0.3 is 0 Å². The number of rotatable bonds is 2. The number of ether oxygens (including phenoxy) is 1. The van der Waals surface area contributed by atoms with E-state index in [1.54, 1.807) is 7.11 Å². The number of aromatic nitrogens is 3. The molecule has 0 saturated carbocycles. The smallest absolute Gasteiger partial charge is 0.153 e. The standard InChI is InChI=1S/C10H10N4O/c1-15-8-4-2-7(3-5-8)9-10(11)12-6-13-14-9/h2-6H,1H3,(H2,11,12,13). The molecule has 0 aliphatic carbocycles. The molecule has 0 radical (unpaired) electrons. The molecule has 0 saturated heterocycles. The van der Waals surface area contributed by atoms with Crippen molar-refractivity contribution in [2.24, 2.45) is 0 Å². The summed E-state index contributed by atoms with van der Waals surface area (Å²) in [7, 11) is 1.62. The Balaban J connectivity index is 2.42. The molecule has 2 N–H and O–H groups in total. The Morgan fingerprint density at radius 1 is 1.20 bits per heavy atom. The van der Waals surface area contributed by atoms with Gasteiger partial charge in [-0.15, -0.1) is 10.2 Å². The van der Waals surface area contributed by atoms with Crippen LogP contribution in [0.2, 0.25) is 0 Å². The number of anilines is 1. The van der Waals surface area contributed by atoms with E-state index >= 15 is 0 Å². The van der Waals surface area contributed by atoms with Crippen LogP contribution in [0.25, 0.3) is 11.3 Å². The maximum absolute atomic E-state index is 5.68. The molecular weight excluding hydrogens is 192 g/mol. The van der Waals surface area contributed by atoms with Crippen LogP contribution in [0, 0.1) is 0 Å². The second-order valence-electron chi connectivity index (χ2n) is 2.92. The third-order valence-corrected chi connectivity index (χ3v) is 2.01. The molecule has 0 aliphatic rings. The first-order chi connectivity index (χ1) is 7.31. The van der Waals surface area contributed by atoms with Gasteiger partial charge in [0, 0.05) is 5.56 Å². The predicted molar refractivity (Wildman–Crippen MR) is 56.2 cm³/mol. The highest BCUT2D eigenvalue weighted by Gasteiger charge is 2.05. The molecule has 0 unspecified atom stereocenters. The largest absolute Gasteiger partial charge is 0.497 e. The maximum atomic E-state index is 5.68. The number of methoxy groups -OCH3 is 1. The zero-order chi connectivity index (χ0) is 10.7. The van der Waals surface area contributed by atoms with Crippen molar-refractivity contribution >= 4 is 5.82 Å². The molecule has 76 valence electrons. The zero-order valence-corrected chi connectivity index (χ0v) is 8.21. The topological polar surface area (TPSA) is 73.9 Å². The molecule has 1 aromatic carbocycles. The molecular formula is C10H10N4O. The summed E-state index contributed by atoms with van der Waals surface area (Å²) in [5.74, 6) is 1.16. The van der Waals surface area contributed by atoms with E-state index < -0.39 is 0 Å². The van der Waals surface area contributed by atoms with Gasteiger partial charge in [-0.2, -0.15) is 0 Å².